The largest absolute Gasteiger partial charge is 0.465 e. The molecule has 0 spiro atoms. The summed E-state index contributed by atoms with van der Waals surface area (Å²) in [4.78, 5) is 28.4. The topological polar surface area (TPSA) is 124 Å². The number of amides is 1. The Bertz CT molecular complexity index is 824. The van der Waals surface area contributed by atoms with E-state index in [1.54, 1.807) is 19.1 Å². The van der Waals surface area contributed by atoms with Crippen molar-refractivity contribution in [2.45, 2.75) is 13.0 Å². The number of nitrogens with one attached hydrogen (secondary N) is 1. The van der Waals surface area contributed by atoms with Crippen LogP contribution in [0.3, 0.4) is 0 Å². The number of aryl methyl sites for hydroxylation is 1. The summed E-state index contributed by atoms with van der Waals surface area (Å²) in [6, 6.07) is 4.87. The van der Waals surface area contributed by atoms with Gasteiger partial charge in [0, 0.05) is 43.1 Å². The lowest BCUT2D eigenvalue weighted by Crippen LogP contribution is -2.37. The molecule has 10 nitrogen and oxygen atoms in total. The lowest BCUT2D eigenvalue weighted by Gasteiger charge is -2.20. The zero-order valence-corrected chi connectivity index (χ0v) is 14.0. The normalized spacial score (nSPS) is 23.4. The highest BCUT2D eigenvalue weighted by atomic mass is 16.6. The maximum Gasteiger partial charge on any atom is 0.287 e. The minimum atomic E-state index is -0.466. The Balaban J connectivity index is 1.24. The van der Waals surface area contributed by atoms with Crippen molar-refractivity contribution in [1.82, 2.24) is 15.5 Å². The maximum atomic E-state index is 12.0. The van der Waals surface area contributed by atoms with Crippen molar-refractivity contribution in [3.63, 3.8) is 0 Å². The van der Waals surface area contributed by atoms with E-state index in [0.717, 1.165) is 18.9 Å². The predicted octanol–water partition coefficient (Wildman–Crippen LogP) is 0.916. The highest BCUT2D eigenvalue weighted by molar-refractivity contribution is 5.78. The Morgan fingerprint density at radius 3 is 2.81 bits per heavy atom. The molecule has 136 valence electrons. The van der Waals surface area contributed by atoms with Gasteiger partial charge in [-0.15, -0.1) is 0 Å². The summed E-state index contributed by atoms with van der Waals surface area (Å²) in [6.07, 6.45) is 1.27. The second kappa shape index (κ2) is 6.28. The molecule has 0 aromatic carbocycles. The Hall–Kier alpha value is -3.17. The molecule has 3 heterocycles. The monoisotopic (exact) mass is 359 g/mol. The van der Waals surface area contributed by atoms with Crippen LogP contribution in [0.25, 0.3) is 0 Å². The third-order valence-corrected chi connectivity index (χ3v) is 4.75. The van der Waals surface area contributed by atoms with E-state index in [4.69, 9.17) is 9.26 Å². The van der Waals surface area contributed by atoms with Crippen molar-refractivity contribution in [2.24, 2.45) is 11.8 Å². The van der Waals surface area contributed by atoms with Gasteiger partial charge in [-0.25, -0.2) is 4.98 Å². The first-order chi connectivity index (χ1) is 12.5. The van der Waals surface area contributed by atoms with Crippen molar-refractivity contribution in [1.29, 1.82) is 0 Å². The Labute approximate surface area is 148 Å². The second-order valence-corrected chi connectivity index (χ2v) is 6.52. The van der Waals surface area contributed by atoms with E-state index < -0.39 is 4.92 Å². The minimum Gasteiger partial charge on any atom is -0.465 e. The minimum absolute atomic E-state index is 0.0226. The summed E-state index contributed by atoms with van der Waals surface area (Å²) >= 11 is 0. The molecule has 3 atom stereocenters. The van der Waals surface area contributed by atoms with Gasteiger partial charge >= 0.3 is 0 Å². The number of carbonyl (C=O) groups excluding carboxylic acids is 1. The molecule has 0 bridgehead atoms. The van der Waals surface area contributed by atoms with Crippen molar-refractivity contribution in [2.75, 3.05) is 24.6 Å². The first-order valence-corrected chi connectivity index (χ1v) is 8.22. The van der Waals surface area contributed by atoms with Crippen LogP contribution >= 0.6 is 0 Å². The second-order valence-electron chi connectivity index (χ2n) is 6.52. The first-order valence-electron chi connectivity index (χ1n) is 8.22. The lowest BCUT2D eigenvalue weighted by atomic mass is 10.3. The fraction of sp³-hybridized carbons (Fsp3) is 0.438. The lowest BCUT2D eigenvalue weighted by molar-refractivity contribution is -0.385. The Morgan fingerprint density at radius 2 is 2.23 bits per heavy atom. The number of fused-ring (bicyclic) bond motifs is 1. The summed E-state index contributed by atoms with van der Waals surface area (Å²) in [5, 5.41) is 17.3. The maximum absolute atomic E-state index is 12.0. The van der Waals surface area contributed by atoms with Crippen LogP contribution in [-0.2, 0) is 4.79 Å². The smallest absolute Gasteiger partial charge is 0.287 e. The summed E-state index contributed by atoms with van der Waals surface area (Å²) in [5.41, 5.74) is -0.0226. The highest BCUT2D eigenvalue weighted by Gasteiger charge is 2.56. The van der Waals surface area contributed by atoms with E-state index in [0.29, 0.717) is 23.5 Å². The summed E-state index contributed by atoms with van der Waals surface area (Å²) < 4.78 is 10.1. The van der Waals surface area contributed by atoms with Crippen molar-refractivity contribution in [3.8, 4) is 5.88 Å². The average Bonchev–Trinajstić information content (AvgIpc) is 2.99. The van der Waals surface area contributed by atoms with Gasteiger partial charge in [0.1, 0.15) is 17.8 Å². The van der Waals surface area contributed by atoms with Gasteiger partial charge in [-0.1, -0.05) is 0 Å². The van der Waals surface area contributed by atoms with Gasteiger partial charge in [-0.2, -0.15) is 0 Å². The molecule has 1 saturated heterocycles. The zero-order chi connectivity index (χ0) is 18.3. The van der Waals surface area contributed by atoms with Gasteiger partial charge in [0.2, 0.25) is 0 Å². The molecule has 1 saturated carbocycles. The molecule has 1 aliphatic carbocycles. The van der Waals surface area contributed by atoms with Gasteiger partial charge < -0.3 is 19.5 Å². The molecule has 1 N–H and O–H groups in total. The fourth-order valence-electron chi connectivity index (χ4n) is 3.38. The third-order valence-electron chi connectivity index (χ3n) is 4.75. The molecular weight excluding hydrogens is 342 g/mol. The van der Waals surface area contributed by atoms with Gasteiger partial charge in [-0.05, 0) is 18.1 Å². The van der Waals surface area contributed by atoms with Crippen LogP contribution in [0.1, 0.15) is 5.76 Å². The highest BCUT2D eigenvalue weighted by Crippen LogP contribution is 2.46. The summed E-state index contributed by atoms with van der Waals surface area (Å²) in [6.45, 7) is 3.18. The molecule has 26 heavy (non-hydrogen) atoms. The van der Waals surface area contributed by atoms with Crippen molar-refractivity contribution in [3.05, 3.63) is 40.3 Å². The fourth-order valence-corrected chi connectivity index (χ4v) is 3.38. The number of nitro groups is 1. The van der Waals surface area contributed by atoms with Crippen LogP contribution in [0.2, 0.25) is 0 Å². The van der Waals surface area contributed by atoms with Crippen molar-refractivity contribution >= 4 is 17.4 Å². The predicted molar refractivity (Wildman–Crippen MR) is 88.8 cm³/mol. The van der Waals surface area contributed by atoms with Crippen LogP contribution in [0.5, 0.6) is 5.88 Å². The number of rotatable bonds is 6. The molecule has 1 amide bonds. The molecule has 2 fully saturated rings. The van der Waals surface area contributed by atoms with Crippen molar-refractivity contribution < 1.29 is 19.0 Å². The summed E-state index contributed by atoms with van der Waals surface area (Å²) in [7, 11) is 0. The average molecular weight is 359 g/mol. The molecule has 1 aliphatic heterocycles. The molecule has 0 radical (unpaired) electrons. The Morgan fingerprint density at radius 1 is 1.46 bits per heavy atom. The number of pyridine rings is 1. The number of aromatic nitrogens is 2. The van der Waals surface area contributed by atoms with E-state index in [1.165, 1.54) is 12.3 Å². The van der Waals surface area contributed by atoms with Crippen LogP contribution < -0.4 is 15.0 Å². The number of carbonyl (C=O) groups is 1. The number of hydrogen-bond donors (Lipinski definition) is 1. The van der Waals surface area contributed by atoms with E-state index in [1.807, 2.05) is 0 Å². The molecule has 10 heteroatoms. The summed E-state index contributed by atoms with van der Waals surface area (Å²) in [5.74, 6) is 2.18. The zero-order valence-electron chi connectivity index (χ0n) is 14.0. The van der Waals surface area contributed by atoms with Crippen LogP contribution in [0.15, 0.2) is 28.9 Å². The van der Waals surface area contributed by atoms with Gasteiger partial charge in [0.05, 0.1) is 4.92 Å². The molecule has 2 aliphatic rings. The standard InChI is InChI=1S/C16H17N5O5/c1-9-4-15(19-26-9)25-8-14(22)18-16-11-6-20(7-12(11)16)13-3-2-10(5-17-13)21(23)24/h2-5,11-12,16H,6-8H2,1H3,(H,18,22)/t11-,12+,16?. The number of hydrogen-bond acceptors (Lipinski definition) is 8. The molecule has 2 aromatic heterocycles. The van der Waals surface area contributed by atoms with E-state index in [9.17, 15) is 14.9 Å². The molecular formula is C16H17N5O5. The van der Waals surface area contributed by atoms with Gasteiger partial charge in [0.25, 0.3) is 17.5 Å². The quantitative estimate of drug-likeness (QED) is 0.596. The number of piperidine rings is 1. The van der Waals surface area contributed by atoms with Crippen LogP contribution in [-0.4, -0.2) is 46.7 Å². The molecule has 1 unspecified atom stereocenters. The van der Waals surface area contributed by atoms with E-state index in [2.05, 4.69) is 20.4 Å². The number of anilines is 1. The Kier molecular flexibility index (Phi) is 3.94. The van der Waals surface area contributed by atoms with Gasteiger partial charge in [0.15, 0.2) is 6.61 Å². The van der Waals surface area contributed by atoms with Gasteiger partial charge in [-0.3, -0.25) is 14.9 Å². The van der Waals surface area contributed by atoms with E-state index in [-0.39, 0.29) is 24.2 Å². The first kappa shape index (κ1) is 16.3. The third kappa shape index (κ3) is 3.17. The SMILES string of the molecule is Cc1cc(OCC(=O)NC2[C@H]3CN(c4ccc([N+](=O)[O-])cn4)C[C@@H]23)no1. The molecule has 4 rings (SSSR count). The van der Waals surface area contributed by atoms with Crippen LogP contribution in [0.4, 0.5) is 11.5 Å². The van der Waals surface area contributed by atoms with E-state index >= 15 is 0 Å². The molecule has 2 aromatic rings. The number of ether oxygens (including phenoxy) is 1. The van der Waals surface area contributed by atoms with Crippen LogP contribution in [0, 0.1) is 28.9 Å². The number of nitrogens with zero attached hydrogens (tertiary/aromatic N) is 4.